The zero-order valence-electron chi connectivity index (χ0n) is 13.3. The lowest BCUT2D eigenvalue weighted by atomic mass is 10.2. The SMILES string of the molecule is CCCN(CCC(=O)Nc1cccc2cccnc12)S(C)(=O)=O. The highest BCUT2D eigenvalue weighted by molar-refractivity contribution is 7.88. The molecule has 1 N–H and O–H groups in total. The lowest BCUT2D eigenvalue weighted by Crippen LogP contribution is -2.33. The van der Waals surface area contributed by atoms with Crippen LogP contribution in [0.5, 0.6) is 0 Å². The Hall–Kier alpha value is -1.99. The van der Waals surface area contributed by atoms with E-state index in [4.69, 9.17) is 0 Å². The fourth-order valence-corrected chi connectivity index (χ4v) is 3.27. The Morgan fingerprint density at radius 3 is 2.65 bits per heavy atom. The van der Waals surface area contributed by atoms with Crippen LogP contribution in [0.2, 0.25) is 0 Å². The van der Waals surface area contributed by atoms with Gasteiger partial charge in [0.15, 0.2) is 0 Å². The van der Waals surface area contributed by atoms with E-state index in [0.29, 0.717) is 18.7 Å². The lowest BCUT2D eigenvalue weighted by Gasteiger charge is -2.18. The number of para-hydroxylation sites is 1. The number of pyridine rings is 1. The molecule has 0 aliphatic rings. The van der Waals surface area contributed by atoms with Crippen molar-refractivity contribution in [3.05, 3.63) is 36.5 Å². The molecule has 6 nitrogen and oxygen atoms in total. The third-order valence-corrected chi connectivity index (χ3v) is 4.74. The van der Waals surface area contributed by atoms with E-state index >= 15 is 0 Å². The van der Waals surface area contributed by atoms with E-state index in [1.165, 1.54) is 4.31 Å². The summed E-state index contributed by atoms with van der Waals surface area (Å²) in [6.45, 7) is 2.50. The zero-order chi connectivity index (χ0) is 16.9. The first-order valence-corrected chi connectivity index (χ1v) is 9.35. The molecule has 1 aromatic carbocycles. The number of rotatable bonds is 7. The Kier molecular flexibility index (Phi) is 5.68. The summed E-state index contributed by atoms with van der Waals surface area (Å²) in [6, 6.07) is 9.31. The molecule has 0 aliphatic heterocycles. The Bertz CT molecular complexity index is 785. The average molecular weight is 335 g/mol. The van der Waals surface area contributed by atoms with E-state index < -0.39 is 10.0 Å². The molecular weight excluding hydrogens is 314 g/mol. The predicted octanol–water partition coefficient (Wildman–Crippen LogP) is 2.24. The Balaban J connectivity index is 2.04. The van der Waals surface area contributed by atoms with Crippen molar-refractivity contribution in [1.29, 1.82) is 0 Å². The molecule has 124 valence electrons. The number of aromatic nitrogens is 1. The number of nitrogens with zero attached hydrogens (tertiary/aromatic N) is 2. The summed E-state index contributed by atoms with van der Waals surface area (Å²) in [5.41, 5.74) is 1.35. The number of benzene rings is 1. The molecule has 1 heterocycles. The quantitative estimate of drug-likeness (QED) is 0.841. The summed E-state index contributed by atoms with van der Waals surface area (Å²) in [7, 11) is -3.29. The van der Waals surface area contributed by atoms with E-state index in [0.717, 1.165) is 17.2 Å². The van der Waals surface area contributed by atoms with Crippen LogP contribution in [0.4, 0.5) is 5.69 Å². The summed E-state index contributed by atoms with van der Waals surface area (Å²) in [5.74, 6) is -0.229. The second kappa shape index (κ2) is 7.52. The zero-order valence-corrected chi connectivity index (χ0v) is 14.1. The second-order valence-electron chi connectivity index (χ2n) is 5.34. The van der Waals surface area contributed by atoms with Gasteiger partial charge in [-0.2, -0.15) is 0 Å². The Labute approximate surface area is 136 Å². The predicted molar refractivity (Wildman–Crippen MR) is 91.7 cm³/mol. The van der Waals surface area contributed by atoms with Crippen LogP contribution in [-0.2, 0) is 14.8 Å². The molecule has 0 aliphatic carbocycles. The van der Waals surface area contributed by atoms with Crippen LogP contribution in [0.25, 0.3) is 10.9 Å². The van der Waals surface area contributed by atoms with Crippen molar-refractivity contribution >= 4 is 32.5 Å². The third-order valence-electron chi connectivity index (χ3n) is 3.44. The van der Waals surface area contributed by atoms with Gasteiger partial charge in [-0.05, 0) is 18.6 Å². The van der Waals surface area contributed by atoms with Gasteiger partial charge in [0.2, 0.25) is 15.9 Å². The highest BCUT2D eigenvalue weighted by atomic mass is 32.2. The first-order chi connectivity index (χ1) is 10.9. The van der Waals surface area contributed by atoms with Crippen molar-refractivity contribution in [1.82, 2.24) is 9.29 Å². The largest absolute Gasteiger partial charge is 0.324 e. The third kappa shape index (κ3) is 4.74. The Morgan fingerprint density at radius 2 is 1.96 bits per heavy atom. The van der Waals surface area contributed by atoms with Gasteiger partial charge in [-0.1, -0.05) is 25.1 Å². The molecule has 7 heteroatoms. The van der Waals surface area contributed by atoms with Gasteiger partial charge < -0.3 is 5.32 Å². The van der Waals surface area contributed by atoms with Crippen LogP contribution in [-0.4, -0.2) is 43.0 Å². The molecule has 1 amide bonds. The monoisotopic (exact) mass is 335 g/mol. The van der Waals surface area contributed by atoms with Crippen LogP contribution >= 0.6 is 0 Å². The molecule has 0 atom stereocenters. The van der Waals surface area contributed by atoms with Gasteiger partial charge in [0, 0.05) is 31.1 Å². The molecule has 2 rings (SSSR count). The molecule has 0 radical (unpaired) electrons. The van der Waals surface area contributed by atoms with Crippen molar-refractivity contribution < 1.29 is 13.2 Å². The summed E-state index contributed by atoms with van der Waals surface area (Å²) in [5, 5.41) is 3.75. The van der Waals surface area contributed by atoms with Gasteiger partial charge in [0.25, 0.3) is 0 Å². The van der Waals surface area contributed by atoms with E-state index in [1.54, 1.807) is 12.3 Å². The maximum Gasteiger partial charge on any atom is 0.225 e. The van der Waals surface area contributed by atoms with Gasteiger partial charge in [0.1, 0.15) is 0 Å². The van der Waals surface area contributed by atoms with Crippen LogP contribution < -0.4 is 5.32 Å². The molecule has 0 spiro atoms. The van der Waals surface area contributed by atoms with Crippen LogP contribution in [0.3, 0.4) is 0 Å². The first kappa shape index (κ1) is 17.4. The number of anilines is 1. The van der Waals surface area contributed by atoms with Gasteiger partial charge in [0.05, 0.1) is 17.5 Å². The fourth-order valence-electron chi connectivity index (χ4n) is 2.34. The number of hydrogen-bond acceptors (Lipinski definition) is 4. The van der Waals surface area contributed by atoms with Crippen LogP contribution in [0.1, 0.15) is 19.8 Å². The standard InChI is InChI=1S/C16H21N3O3S/c1-3-11-19(23(2,21)22)12-9-15(20)18-14-8-4-6-13-7-5-10-17-16(13)14/h4-8,10H,3,9,11-12H2,1-2H3,(H,18,20). The molecule has 1 aromatic heterocycles. The van der Waals surface area contributed by atoms with E-state index in [1.807, 2.05) is 31.2 Å². The van der Waals surface area contributed by atoms with Crippen molar-refractivity contribution in [2.24, 2.45) is 0 Å². The molecule has 0 bridgehead atoms. The van der Waals surface area contributed by atoms with Crippen molar-refractivity contribution in [2.45, 2.75) is 19.8 Å². The number of hydrogen-bond donors (Lipinski definition) is 1. The number of fused-ring (bicyclic) bond motifs is 1. The molecule has 0 unspecified atom stereocenters. The minimum Gasteiger partial charge on any atom is -0.324 e. The van der Waals surface area contributed by atoms with Gasteiger partial charge >= 0.3 is 0 Å². The average Bonchev–Trinajstić information content (AvgIpc) is 2.50. The lowest BCUT2D eigenvalue weighted by molar-refractivity contribution is -0.116. The smallest absolute Gasteiger partial charge is 0.225 e. The normalized spacial score (nSPS) is 11.8. The number of nitrogens with one attached hydrogen (secondary N) is 1. The van der Waals surface area contributed by atoms with E-state index in [2.05, 4.69) is 10.3 Å². The minimum absolute atomic E-state index is 0.107. The summed E-state index contributed by atoms with van der Waals surface area (Å²) < 4.78 is 24.6. The number of amides is 1. The molecule has 0 saturated carbocycles. The van der Waals surface area contributed by atoms with Crippen molar-refractivity contribution in [3.63, 3.8) is 0 Å². The first-order valence-electron chi connectivity index (χ1n) is 7.50. The minimum atomic E-state index is -3.29. The van der Waals surface area contributed by atoms with Gasteiger partial charge in [-0.3, -0.25) is 9.78 Å². The van der Waals surface area contributed by atoms with Crippen LogP contribution in [0.15, 0.2) is 36.5 Å². The van der Waals surface area contributed by atoms with E-state index in [9.17, 15) is 13.2 Å². The van der Waals surface area contributed by atoms with E-state index in [-0.39, 0.29) is 18.9 Å². The van der Waals surface area contributed by atoms with Gasteiger partial charge in [-0.15, -0.1) is 0 Å². The van der Waals surface area contributed by atoms with Crippen molar-refractivity contribution in [2.75, 3.05) is 24.7 Å². The second-order valence-corrected chi connectivity index (χ2v) is 7.32. The van der Waals surface area contributed by atoms with Gasteiger partial charge in [-0.25, -0.2) is 12.7 Å². The summed E-state index contributed by atoms with van der Waals surface area (Å²) >= 11 is 0. The topological polar surface area (TPSA) is 79.4 Å². The highest BCUT2D eigenvalue weighted by Gasteiger charge is 2.17. The maximum atomic E-state index is 12.1. The van der Waals surface area contributed by atoms with Crippen LogP contribution in [0, 0.1) is 0 Å². The number of carbonyl (C=O) groups is 1. The number of sulfonamides is 1. The summed E-state index contributed by atoms with van der Waals surface area (Å²) in [6.07, 6.45) is 3.65. The number of carbonyl (C=O) groups excluding carboxylic acids is 1. The fraction of sp³-hybridized carbons (Fsp3) is 0.375. The molecule has 0 fully saturated rings. The van der Waals surface area contributed by atoms with Crippen molar-refractivity contribution in [3.8, 4) is 0 Å². The maximum absolute atomic E-state index is 12.1. The summed E-state index contributed by atoms with van der Waals surface area (Å²) in [4.78, 5) is 16.4. The Morgan fingerprint density at radius 1 is 1.22 bits per heavy atom. The molecule has 0 saturated heterocycles. The molecular formula is C16H21N3O3S. The molecule has 23 heavy (non-hydrogen) atoms. The molecule has 2 aromatic rings. The highest BCUT2D eigenvalue weighted by Crippen LogP contribution is 2.20.